The molecule has 2 rings (SSSR count). The number of rotatable bonds is 4. The van der Waals surface area contributed by atoms with Crippen LogP contribution in [0.3, 0.4) is 0 Å². The van der Waals surface area contributed by atoms with Crippen molar-refractivity contribution in [2.75, 3.05) is 12.3 Å². The minimum absolute atomic E-state index is 0. The molecule has 0 aromatic carbocycles. The summed E-state index contributed by atoms with van der Waals surface area (Å²) in [6, 6.07) is 4.94. The van der Waals surface area contributed by atoms with Crippen molar-refractivity contribution in [3.05, 3.63) is 30.1 Å². The average Bonchev–Trinajstić information content (AvgIpc) is 2.32. The van der Waals surface area contributed by atoms with Crippen LogP contribution < -0.4 is 5.32 Å². The quantitative estimate of drug-likeness (QED) is 0.899. The predicted molar refractivity (Wildman–Crippen MR) is 73.3 cm³/mol. The van der Waals surface area contributed by atoms with Crippen LogP contribution in [0.5, 0.6) is 0 Å². The monoisotopic (exact) mass is 258 g/mol. The van der Waals surface area contributed by atoms with Crippen molar-refractivity contribution in [1.82, 2.24) is 10.3 Å². The van der Waals surface area contributed by atoms with Crippen LogP contribution in [0.25, 0.3) is 0 Å². The number of hydrogen-bond acceptors (Lipinski definition) is 3. The maximum Gasteiger partial charge on any atom is 0.0270 e. The zero-order valence-corrected chi connectivity index (χ0v) is 11.0. The van der Waals surface area contributed by atoms with Gasteiger partial charge in [0, 0.05) is 29.9 Å². The van der Waals surface area contributed by atoms with Gasteiger partial charge in [-0.3, -0.25) is 4.98 Å². The van der Waals surface area contributed by atoms with Gasteiger partial charge in [0.05, 0.1) is 0 Å². The third-order valence-electron chi connectivity index (χ3n) is 2.75. The molecule has 1 saturated heterocycles. The second-order valence-corrected chi connectivity index (χ2v) is 5.05. The molecule has 1 aromatic rings. The highest BCUT2D eigenvalue weighted by Gasteiger charge is 2.11. The van der Waals surface area contributed by atoms with E-state index in [0.29, 0.717) is 0 Å². The van der Waals surface area contributed by atoms with Crippen LogP contribution in [0.1, 0.15) is 24.8 Å². The largest absolute Gasteiger partial charge is 0.313 e. The molecule has 0 saturated carbocycles. The standard InChI is InChI=1S/C12H18N2S.ClH/c1-2-6-14-12(3-1)10-15-9-11-4-7-13-8-5-11;/h4-5,7-8,12,14H,1-3,6,9-10H2;1H. The molecule has 0 radical (unpaired) electrons. The molecule has 1 aromatic heterocycles. The maximum atomic E-state index is 4.02. The third-order valence-corrected chi connectivity index (χ3v) is 3.93. The number of halogens is 1. The van der Waals surface area contributed by atoms with Gasteiger partial charge in [-0.15, -0.1) is 12.4 Å². The Morgan fingerprint density at radius 2 is 2.12 bits per heavy atom. The zero-order chi connectivity index (χ0) is 10.3. The highest BCUT2D eigenvalue weighted by Crippen LogP contribution is 2.16. The molecule has 0 aliphatic carbocycles. The van der Waals surface area contributed by atoms with Crippen LogP contribution in [-0.4, -0.2) is 23.3 Å². The highest BCUT2D eigenvalue weighted by atomic mass is 35.5. The molecule has 1 aliphatic rings. The van der Waals surface area contributed by atoms with Crippen LogP contribution in [0.4, 0.5) is 0 Å². The Morgan fingerprint density at radius 3 is 2.81 bits per heavy atom. The van der Waals surface area contributed by atoms with Gasteiger partial charge in [0.25, 0.3) is 0 Å². The van der Waals surface area contributed by atoms with Gasteiger partial charge in [-0.05, 0) is 37.1 Å². The van der Waals surface area contributed by atoms with Crippen molar-refractivity contribution < 1.29 is 0 Å². The van der Waals surface area contributed by atoms with Crippen LogP contribution in [0.2, 0.25) is 0 Å². The van der Waals surface area contributed by atoms with E-state index in [0.717, 1.165) is 11.8 Å². The number of piperidine rings is 1. The lowest BCUT2D eigenvalue weighted by Gasteiger charge is -2.22. The molecule has 1 aliphatic heterocycles. The molecular formula is C12H19ClN2S. The first-order valence-corrected chi connectivity index (χ1v) is 6.80. The molecule has 90 valence electrons. The fourth-order valence-corrected chi connectivity index (χ4v) is 2.98. The summed E-state index contributed by atoms with van der Waals surface area (Å²) in [6.45, 7) is 1.21. The summed E-state index contributed by atoms with van der Waals surface area (Å²) in [5, 5.41) is 3.57. The van der Waals surface area contributed by atoms with E-state index in [4.69, 9.17) is 0 Å². The first-order chi connectivity index (χ1) is 7.45. The van der Waals surface area contributed by atoms with Crippen molar-refractivity contribution in [1.29, 1.82) is 0 Å². The minimum atomic E-state index is 0. The van der Waals surface area contributed by atoms with Gasteiger partial charge in [0.1, 0.15) is 0 Å². The molecule has 2 heterocycles. The van der Waals surface area contributed by atoms with Crippen LogP contribution >= 0.6 is 24.2 Å². The van der Waals surface area contributed by atoms with Gasteiger partial charge >= 0.3 is 0 Å². The fraction of sp³-hybridized carbons (Fsp3) is 0.583. The van der Waals surface area contributed by atoms with Crippen molar-refractivity contribution in [3.8, 4) is 0 Å². The molecule has 1 N–H and O–H groups in total. The Kier molecular flexibility index (Phi) is 6.85. The Labute approximate surface area is 108 Å². The molecule has 0 amide bonds. The Hall–Kier alpha value is -0.250. The van der Waals surface area contributed by atoms with Gasteiger partial charge in [-0.25, -0.2) is 0 Å². The van der Waals surface area contributed by atoms with Crippen molar-refractivity contribution in [2.24, 2.45) is 0 Å². The first kappa shape index (κ1) is 13.8. The summed E-state index contributed by atoms with van der Waals surface area (Å²) in [5.41, 5.74) is 1.38. The normalized spacial score (nSPS) is 20.1. The van der Waals surface area contributed by atoms with E-state index in [1.807, 2.05) is 24.2 Å². The van der Waals surface area contributed by atoms with Crippen LogP contribution in [-0.2, 0) is 5.75 Å². The molecule has 4 heteroatoms. The van der Waals surface area contributed by atoms with E-state index in [1.54, 1.807) is 0 Å². The van der Waals surface area contributed by atoms with Crippen molar-refractivity contribution >= 4 is 24.2 Å². The third kappa shape index (κ3) is 4.73. The van der Waals surface area contributed by atoms with E-state index in [-0.39, 0.29) is 12.4 Å². The maximum absolute atomic E-state index is 4.02. The topological polar surface area (TPSA) is 24.9 Å². The summed E-state index contributed by atoms with van der Waals surface area (Å²) in [5.74, 6) is 2.35. The van der Waals surface area contributed by atoms with E-state index in [2.05, 4.69) is 22.4 Å². The van der Waals surface area contributed by atoms with E-state index < -0.39 is 0 Å². The zero-order valence-electron chi connectivity index (χ0n) is 9.39. The molecule has 1 atom stereocenters. The molecule has 0 bridgehead atoms. The van der Waals surface area contributed by atoms with Gasteiger partial charge in [-0.1, -0.05) is 6.42 Å². The molecule has 0 spiro atoms. The van der Waals surface area contributed by atoms with Gasteiger partial charge in [0.15, 0.2) is 0 Å². The summed E-state index contributed by atoms with van der Waals surface area (Å²) in [7, 11) is 0. The number of thioether (sulfide) groups is 1. The van der Waals surface area contributed by atoms with Gasteiger partial charge < -0.3 is 5.32 Å². The summed E-state index contributed by atoms with van der Waals surface area (Å²) in [4.78, 5) is 4.02. The number of pyridine rings is 1. The summed E-state index contributed by atoms with van der Waals surface area (Å²) >= 11 is 2.02. The average molecular weight is 259 g/mol. The Bertz CT molecular complexity index is 276. The van der Waals surface area contributed by atoms with E-state index >= 15 is 0 Å². The van der Waals surface area contributed by atoms with E-state index in [1.165, 1.54) is 37.1 Å². The summed E-state index contributed by atoms with van der Waals surface area (Å²) in [6.07, 6.45) is 7.84. The lowest BCUT2D eigenvalue weighted by atomic mass is 10.1. The number of nitrogens with zero attached hydrogens (tertiary/aromatic N) is 1. The molecule has 16 heavy (non-hydrogen) atoms. The molecule has 2 nitrogen and oxygen atoms in total. The highest BCUT2D eigenvalue weighted by molar-refractivity contribution is 7.98. The fourth-order valence-electron chi connectivity index (χ4n) is 1.86. The van der Waals surface area contributed by atoms with Crippen LogP contribution in [0.15, 0.2) is 24.5 Å². The lowest BCUT2D eigenvalue weighted by Crippen LogP contribution is -2.35. The van der Waals surface area contributed by atoms with Crippen molar-refractivity contribution in [2.45, 2.75) is 31.1 Å². The van der Waals surface area contributed by atoms with Crippen molar-refractivity contribution in [3.63, 3.8) is 0 Å². The molecule has 1 fully saturated rings. The first-order valence-electron chi connectivity index (χ1n) is 5.65. The predicted octanol–water partition coefficient (Wildman–Crippen LogP) is 2.88. The number of aromatic nitrogens is 1. The SMILES string of the molecule is Cl.c1cc(CSCC2CCCCN2)ccn1. The summed E-state index contributed by atoms with van der Waals surface area (Å²) < 4.78 is 0. The smallest absolute Gasteiger partial charge is 0.0270 e. The number of nitrogens with one attached hydrogen (secondary N) is 1. The van der Waals surface area contributed by atoms with Gasteiger partial charge in [-0.2, -0.15) is 11.8 Å². The minimum Gasteiger partial charge on any atom is -0.313 e. The Morgan fingerprint density at radius 1 is 1.31 bits per heavy atom. The van der Waals surface area contributed by atoms with E-state index in [9.17, 15) is 0 Å². The second kappa shape index (κ2) is 7.93. The second-order valence-electron chi connectivity index (χ2n) is 4.02. The lowest BCUT2D eigenvalue weighted by molar-refractivity contribution is 0.430. The van der Waals surface area contributed by atoms with Gasteiger partial charge in [0.2, 0.25) is 0 Å². The number of hydrogen-bond donors (Lipinski definition) is 1. The van der Waals surface area contributed by atoms with Crippen LogP contribution in [0, 0.1) is 0 Å². The molecular weight excluding hydrogens is 240 g/mol. The Balaban J connectivity index is 0.00000128. The molecule has 1 unspecified atom stereocenters.